The van der Waals surface area contributed by atoms with Crippen LogP contribution in [0, 0.1) is 12.7 Å². The van der Waals surface area contributed by atoms with E-state index in [-0.39, 0.29) is 21.9 Å². The van der Waals surface area contributed by atoms with E-state index >= 15 is 0 Å². The summed E-state index contributed by atoms with van der Waals surface area (Å²) in [5.74, 6) is -1.72. The molecule has 31 heavy (non-hydrogen) atoms. The molecule has 3 aromatic rings. The minimum Gasteiger partial charge on any atom is -0.355 e. The second-order valence-electron chi connectivity index (χ2n) is 6.87. The number of Topliss-reactive ketones (excluding diaryl/α,β-unsaturated/α-hetero) is 1. The molecule has 0 atom stereocenters. The minimum atomic E-state index is -4.02. The van der Waals surface area contributed by atoms with E-state index in [2.05, 4.69) is 10.0 Å². The highest BCUT2D eigenvalue weighted by Crippen LogP contribution is 2.25. The zero-order valence-electron chi connectivity index (χ0n) is 17.0. The topological polar surface area (TPSA) is 92.3 Å². The van der Waals surface area contributed by atoms with Gasteiger partial charge < -0.3 is 5.32 Å². The zero-order valence-corrected chi connectivity index (χ0v) is 17.8. The van der Waals surface area contributed by atoms with Crippen LogP contribution in [0.5, 0.6) is 0 Å². The number of halogens is 1. The maximum absolute atomic E-state index is 14.6. The van der Waals surface area contributed by atoms with Gasteiger partial charge in [-0.25, -0.2) is 17.5 Å². The number of nitrogens with one attached hydrogen (secondary N) is 2. The lowest BCUT2D eigenvalue weighted by Crippen LogP contribution is -2.30. The number of benzene rings is 3. The van der Waals surface area contributed by atoms with E-state index in [0.29, 0.717) is 11.1 Å². The fourth-order valence-corrected chi connectivity index (χ4v) is 4.02. The predicted molar refractivity (Wildman–Crippen MR) is 116 cm³/mol. The number of sulfonamides is 1. The molecule has 0 aliphatic heterocycles. The molecule has 0 radical (unpaired) electrons. The number of aryl methyl sites for hydroxylation is 1. The van der Waals surface area contributed by atoms with Crippen LogP contribution in [0.3, 0.4) is 0 Å². The van der Waals surface area contributed by atoms with Crippen molar-refractivity contribution in [2.24, 2.45) is 0 Å². The van der Waals surface area contributed by atoms with Crippen molar-refractivity contribution >= 4 is 21.7 Å². The summed E-state index contributed by atoms with van der Waals surface area (Å²) in [5, 5.41) is 2.44. The molecule has 0 heterocycles. The van der Waals surface area contributed by atoms with Crippen LogP contribution in [0.1, 0.15) is 26.3 Å². The Hall–Kier alpha value is -3.36. The Balaban J connectivity index is 1.80. The van der Waals surface area contributed by atoms with Gasteiger partial charge in [0.25, 0.3) is 5.91 Å². The Morgan fingerprint density at radius 3 is 2.19 bits per heavy atom. The first-order valence-corrected chi connectivity index (χ1v) is 10.9. The highest BCUT2D eigenvalue weighted by molar-refractivity contribution is 7.89. The van der Waals surface area contributed by atoms with Gasteiger partial charge in [-0.1, -0.05) is 30.3 Å². The van der Waals surface area contributed by atoms with Gasteiger partial charge in [-0.3, -0.25) is 9.59 Å². The number of carbonyl (C=O) groups excluding carboxylic acids is 2. The monoisotopic (exact) mass is 440 g/mol. The SMILES string of the molecule is CNC(=O)c1ccc(S(=O)(=O)NCC(=O)c2cc(-c3ccccc3)cc(C)c2F)cc1. The van der Waals surface area contributed by atoms with Crippen molar-refractivity contribution in [1.82, 2.24) is 10.0 Å². The maximum Gasteiger partial charge on any atom is 0.251 e. The molecule has 1 amide bonds. The van der Waals surface area contributed by atoms with Crippen molar-refractivity contribution in [3.8, 4) is 11.1 Å². The summed E-state index contributed by atoms with van der Waals surface area (Å²) in [6.07, 6.45) is 0. The van der Waals surface area contributed by atoms with Crippen LogP contribution < -0.4 is 10.0 Å². The van der Waals surface area contributed by atoms with Gasteiger partial charge >= 0.3 is 0 Å². The average molecular weight is 440 g/mol. The molecular weight excluding hydrogens is 419 g/mol. The van der Waals surface area contributed by atoms with E-state index in [0.717, 1.165) is 5.56 Å². The quantitative estimate of drug-likeness (QED) is 0.552. The van der Waals surface area contributed by atoms with E-state index in [9.17, 15) is 22.4 Å². The molecule has 0 unspecified atom stereocenters. The fraction of sp³-hybridized carbons (Fsp3) is 0.130. The van der Waals surface area contributed by atoms with Crippen LogP contribution in [0.25, 0.3) is 11.1 Å². The summed E-state index contributed by atoms with van der Waals surface area (Å²) < 4.78 is 41.8. The van der Waals surface area contributed by atoms with Crippen molar-refractivity contribution in [1.29, 1.82) is 0 Å². The van der Waals surface area contributed by atoms with Crippen molar-refractivity contribution in [3.05, 3.63) is 89.2 Å². The second-order valence-corrected chi connectivity index (χ2v) is 8.64. The molecule has 2 N–H and O–H groups in total. The first-order valence-electron chi connectivity index (χ1n) is 9.43. The van der Waals surface area contributed by atoms with Crippen LogP contribution >= 0.6 is 0 Å². The van der Waals surface area contributed by atoms with Crippen LogP contribution in [0.2, 0.25) is 0 Å². The molecule has 0 saturated carbocycles. The molecule has 0 spiro atoms. The molecule has 0 aliphatic rings. The van der Waals surface area contributed by atoms with Gasteiger partial charge in [0.15, 0.2) is 5.78 Å². The Morgan fingerprint density at radius 1 is 0.935 bits per heavy atom. The second kappa shape index (κ2) is 9.20. The van der Waals surface area contributed by atoms with Gasteiger partial charge in [0.1, 0.15) is 5.82 Å². The smallest absolute Gasteiger partial charge is 0.251 e. The van der Waals surface area contributed by atoms with Crippen molar-refractivity contribution in [2.75, 3.05) is 13.6 Å². The fourth-order valence-electron chi connectivity index (χ4n) is 3.04. The molecule has 0 fully saturated rings. The van der Waals surface area contributed by atoms with Gasteiger partial charge in [0.2, 0.25) is 10.0 Å². The molecular formula is C23H21FN2O4S. The van der Waals surface area contributed by atoms with E-state index in [1.807, 2.05) is 30.3 Å². The predicted octanol–water partition coefficient (Wildman–Crippen LogP) is 3.32. The maximum atomic E-state index is 14.6. The normalized spacial score (nSPS) is 11.2. The van der Waals surface area contributed by atoms with Crippen LogP contribution in [0.4, 0.5) is 4.39 Å². The standard InChI is InChI=1S/C23H21FN2O4S/c1-15-12-18(16-6-4-3-5-7-16)13-20(22(15)24)21(27)14-26-31(29,30)19-10-8-17(9-11-19)23(28)25-2/h3-13,26H,14H2,1-2H3,(H,25,28). The lowest BCUT2D eigenvalue weighted by Gasteiger charge is -2.11. The largest absolute Gasteiger partial charge is 0.355 e. The van der Waals surface area contributed by atoms with Crippen molar-refractivity contribution in [3.63, 3.8) is 0 Å². The van der Waals surface area contributed by atoms with Crippen molar-refractivity contribution < 1.29 is 22.4 Å². The lowest BCUT2D eigenvalue weighted by atomic mass is 9.98. The number of carbonyl (C=O) groups is 2. The molecule has 3 aromatic carbocycles. The van der Waals surface area contributed by atoms with Crippen molar-refractivity contribution in [2.45, 2.75) is 11.8 Å². The summed E-state index contributed by atoms with van der Waals surface area (Å²) >= 11 is 0. The highest BCUT2D eigenvalue weighted by Gasteiger charge is 2.20. The Kier molecular flexibility index (Phi) is 6.62. The van der Waals surface area contributed by atoms with E-state index in [4.69, 9.17) is 0 Å². The molecule has 0 bridgehead atoms. The van der Waals surface area contributed by atoms with Gasteiger partial charge in [0, 0.05) is 12.6 Å². The zero-order chi connectivity index (χ0) is 22.6. The van der Waals surface area contributed by atoms with Crippen LogP contribution in [-0.2, 0) is 10.0 Å². The van der Waals surface area contributed by atoms with Crippen LogP contribution in [-0.4, -0.2) is 33.7 Å². The molecule has 6 nitrogen and oxygen atoms in total. The van der Waals surface area contributed by atoms with Gasteiger partial charge in [0.05, 0.1) is 17.0 Å². The van der Waals surface area contributed by atoms with Gasteiger partial charge in [-0.15, -0.1) is 0 Å². The summed E-state index contributed by atoms with van der Waals surface area (Å²) in [5.41, 5.74) is 1.88. The first-order chi connectivity index (χ1) is 14.7. The van der Waals surface area contributed by atoms with E-state index in [1.165, 1.54) is 37.4 Å². The highest BCUT2D eigenvalue weighted by atomic mass is 32.2. The molecule has 3 rings (SSSR count). The summed E-state index contributed by atoms with van der Waals surface area (Å²) in [6.45, 7) is 0.949. The number of hydrogen-bond donors (Lipinski definition) is 2. The molecule has 160 valence electrons. The Labute approximate surface area is 180 Å². The van der Waals surface area contributed by atoms with Crippen LogP contribution in [0.15, 0.2) is 71.6 Å². The number of rotatable bonds is 7. The average Bonchev–Trinajstić information content (AvgIpc) is 2.79. The molecule has 0 aliphatic carbocycles. The summed E-state index contributed by atoms with van der Waals surface area (Å²) in [4.78, 5) is 24.1. The third-order valence-corrected chi connectivity index (χ3v) is 6.16. The van der Waals surface area contributed by atoms with E-state index < -0.39 is 28.2 Å². The number of hydrogen-bond acceptors (Lipinski definition) is 4. The first kappa shape index (κ1) is 22.3. The summed E-state index contributed by atoms with van der Waals surface area (Å²) in [7, 11) is -2.56. The minimum absolute atomic E-state index is 0.109. The third-order valence-electron chi connectivity index (χ3n) is 4.74. The molecule has 0 saturated heterocycles. The Bertz CT molecular complexity index is 1220. The molecule has 0 aromatic heterocycles. The number of ketones is 1. The number of amides is 1. The van der Waals surface area contributed by atoms with E-state index in [1.54, 1.807) is 13.0 Å². The summed E-state index contributed by atoms with van der Waals surface area (Å²) in [6, 6.07) is 17.5. The van der Waals surface area contributed by atoms with Gasteiger partial charge in [-0.05, 0) is 60.0 Å². The molecule has 8 heteroatoms. The van der Waals surface area contributed by atoms with Gasteiger partial charge in [-0.2, -0.15) is 0 Å². The lowest BCUT2D eigenvalue weighted by molar-refractivity contribution is 0.0961. The third kappa shape index (κ3) is 5.04. The Morgan fingerprint density at radius 2 is 1.58 bits per heavy atom.